The lowest BCUT2D eigenvalue weighted by Gasteiger charge is -2.00. The minimum atomic E-state index is -0.993. The highest BCUT2D eigenvalue weighted by molar-refractivity contribution is 5.93. The van der Waals surface area contributed by atoms with Crippen LogP contribution in [-0.4, -0.2) is 27.0 Å². The number of carboxylic acid groups (broad SMARTS) is 1. The van der Waals surface area contributed by atoms with Crippen molar-refractivity contribution in [2.45, 2.75) is 19.8 Å². The number of imidazole rings is 1. The number of hydrogen-bond donors (Lipinski definition) is 2. The van der Waals surface area contributed by atoms with E-state index in [-0.39, 0.29) is 5.69 Å². The molecule has 0 aromatic carbocycles. The number of aromatic nitrogens is 2. The Morgan fingerprint density at radius 2 is 2.35 bits per heavy atom. The van der Waals surface area contributed by atoms with Gasteiger partial charge in [0.2, 0.25) is 0 Å². The summed E-state index contributed by atoms with van der Waals surface area (Å²) in [6.07, 6.45) is 3.34. The number of hydrogen-bond acceptors (Lipinski definition) is 3. The van der Waals surface area contributed by atoms with Crippen LogP contribution in [0.25, 0.3) is 5.52 Å². The van der Waals surface area contributed by atoms with E-state index in [0.29, 0.717) is 18.5 Å². The van der Waals surface area contributed by atoms with Gasteiger partial charge in [0.05, 0.1) is 5.52 Å². The standard InChI is InChI=1S/C12H15N3O2/c1-8-4-6-15-9(7-8)11(12(16)17)14-10(15)3-2-5-13/h4,6-7H,2-3,5,13H2,1H3,(H,16,17). The third kappa shape index (κ3) is 2.14. The van der Waals surface area contributed by atoms with Crippen molar-refractivity contribution < 1.29 is 9.90 Å². The summed E-state index contributed by atoms with van der Waals surface area (Å²) in [4.78, 5) is 15.3. The second-order valence-electron chi connectivity index (χ2n) is 4.03. The smallest absolute Gasteiger partial charge is 0.356 e. The van der Waals surface area contributed by atoms with E-state index in [1.807, 2.05) is 29.7 Å². The molecule has 2 heterocycles. The fraction of sp³-hybridized carbons (Fsp3) is 0.333. The first-order valence-corrected chi connectivity index (χ1v) is 5.54. The van der Waals surface area contributed by atoms with E-state index in [9.17, 15) is 4.79 Å². The Kier molecular flexibility index (Phi) is 3.10. The quantitative estimate of drug-likeness (QED) is 0.832. The lowest BCUT2D eigenvalue weighted by atomic mass is 10.2. The van der Waals surface area contributed by atoms with Gasteiger partial charge in [0, 0.05) is 12.6 Å². The van der Waals surface area contributed by atoms with Gasteiger partial charge >= 0.3 is 5.97 Å². The zero-order valence-corrected chi connectivity index (χ0v) is 9.68. The first-order valence-electron chi connectivity index (χ1n) is 5.54. The van der Waals surface area contributed by atoms with Crippen LogP contribution in [0.4, 0.5) is 0 Å². The topological polar surface area (TPSA) is 80.6 Å². The molecule has 3 N–H and O–H groups in total. The number of nitrogens with two attached hydrogens (primary N) is 1. The van der Waals surface area contributed by atoms with Crippen molar-refractivity contribution in [1.29, 1.82) is 0 Å². The zero-order chi connectivity index (χ0) is 12.4. The predicted octanol–water partition coefficient (Wildman–Crippen LogP) is 1.23. The molecule has 0 unspecified atom stereocenters. The maximum Gasteiger partial charge on any atom is 0.356 e. The molecular formula is C12H15N3O2. The summed E-state index contributed by atoms with van der Waals surface area (Å²) >= 11 is 0. The van der Waals surface area contributed by atoms with Gasteiger partial charge in [-0.05, 0) is 37.6 Å². The van der Waals surface area contributed by atoms with E-state index < -0.39 is 5.97 Å². The van der Waals surface area contributed by atoms with E-state index in [4.69, 9.17) is 10.8 Å². The summed E-state index contributed by atoms with van der Waals surface area (Å²) in [6.45, 7) is 2.50. The van der Waals surface area contributed by atoms with E-state index in [2.05, 4.69) is 4.98 Å². The summed E-state index contributed by atoms with van der Waals surface area (Å²) in [5.41, 5.74) is 7.23. The van der Waals surface area contributed by atoms with Crippen molar-refractivity contribution >= 4 is 11.5 Å². The van der Waals surface area contributed by atoms with Crippen molar-refractivity contribution in [2.75, 3.05) is 6.54 Å². The fourth-order valence-corrected chi connectivity index (χ4v) is 1.85. The van der Waals surface area contributed by atoms with Gasteiger partial charge in [-0.1, -0.05) is 0 Å². The number of aromatic carboxylic acids is 1. The number of nitrogens with zero attached hydrogens (tertiary/aromatic N) is 2. The van der Waals surface area contributed by atoms with Gasteiger partial charge in [-0.15, -0.1) is 0 Å². The zero-order valence-electron chi connectivity index (χ0n) is 9.68. The number of fused-ring (bicyclic) bond motifs is 1. The van der Waals surface area contributed by atoms with Crippen LogP contribution in [0, 0.1) is 6.92 Å². The highest BCUT2D eigenvalue weighted by atomic mass is 16.4. The Morgan fingerprint density at radius 1 is 1.59 bits per heavy atom. The largest absolute Gasteiger partial charge is 0.476 e. The Balaban J connectivity index is 2.58. The molecule has 0 saturated heterocycles. The average molecular weight is 233 g/mol. The molecule has 0 radical (unpaired) electrons. The third-order valence-corrected chi connectivity index (χ3v) is 2.68. The van der Waals surface area contributed by atoms with Gasteiger partial charge in [0.1, 0.15) is 5.82 Å². The molecule has 2 aromatic rings. The monoisotopic (exact) mass is 233 g/mol. The Hall–Kier alpha value is -1.88. The van der Waals surface area contributed by atoms with Crippen molar-refractivity contribution in [1.82, 2.24) is 9.38 Å². The van der Waals surface area contributed by atoms with E-state index >= 15 is 0 Å². The Bertz CT molecular complexity index is 560. The van der Waals surface area contributed by atoms with Crippen LogP contribution in [0.1, 0.15) is 28.3 Å². The Morgan fingerprint density at radius 3 is 3.00 bits per heavy atom. The van der Waals surface area contributed by atoms with E-state index in [1.165, 1.54) is 0 Å². The summed E-state index contributed by atoms with van der Waals surface area (Å²) in [5, 5.41) is 9.11. The molecule has 2 rings (SSSR count). The summed E-state index contributed by atoms with van der Waals surface area (Å²) in [7, 11) is 0. The SMILES string of the molecule is Cc1ccn2c(CCCN)nc(C(=O)O)c2c1. The number of rotatable bonds is 4. The van der Waals surface area contributed by atoms with Crippen LogP contribution < -0.4 is 5.73 Å². The van der Waals surface area contributed by atoms with Crippen molar-refractivity contribution in [3.05, 3.63) is 35.4 Å². The fourth-order valence-electron chi connectivity index (χ4n) is 1.85. The number of aryl methyl sites for hydroxylation is 2. The maximum absolute atomic E-state index is 11.1. The van der Waals surface area contributed by atoms with Crippen LogP contribution in [0.5, 0.6) is 0 Å². The number of carbonyl (C=O) groups is 1. The van der Waals surface area contributed by atoms with Crippen LogP contribution in [0.2, 0.25) is 0 Å². The molecular weight excluding hydrogens is 218 g/mol. The van der Waals surface area contributed by atoms with Crippen LogP contribution >= 0.6 is 0 Å². The van der Waals surface area contributed by atoms with Gasteiger partial charge in [-0.2, -0.15) is 0 Å². The van der Waals surface area contributed by atoms with Crippen molar-refractivity contribution in [2.24, 2.45) is 5.73 Å². The van der Waals surface area contributed by atoms with Crippen LogP contribution in [-0.2, 0) is 6.42 Å². The molecule has 0 spiro atoms. The number of pyridine rings is 1. The predicted molar refractivity (Wildman–Crippen MR) is 64.3 cm³/mol. The summed E-state index contributed by atoms with van der Waals surface area (Å²) in [6, 6.07) is 3.77. The Labute approximate surface area is 98.9 Å². The molecule has 0 saturated carbocycles. The summed E-state index contributed by atoms with van der Waals surface area (Å²) in [5.74, 6) is -0.241. The second kappa shape index (κ2) is 4.55. The minimum Gasteiger partial charge on any atom is -0.476 e. The van der Waals surface area contributed by atoms with Gasteiger partial charge in [-0.25, -0.2) is 9.78 Å². The van der Waals surface area contributed by atoms with Crippen LogP contribution in [0.15, 0.2) is 18.3 Å². The first kappa shape index (κ1) is 11.6. The molecule has 0 fully saturated rings. The molecule has 5 heteroatoms. The highest BCUT2D eigenvalue weighted by Crippen LogP contribution is 2.16. The van der Waals surface area contributed by atoms with Crippen molar-refractivity contribution in [3.8, 4) is 0 Å². The molecule has 0 amide bonds. The first-order chi connectivity index (χ1) is 8.13. The van der Waals surface area contributed by atoms with Crippen LogP contribution in [0.3, 0.4) is 0 Å². The average Bonchev–Trinajstić information content (AvgIpc) is 2.64. The van der Waals surface area contributed by atoms with Gasteiger partial charge < -0.3 is 15.2 Å². The molecule has 5 nitrogen and oxygen atoms in total. The minimum absolute atomic E-state index is 0.112. The molecule has 17 heavy (non-hydrogen) atoms. The molecule has 0 bridgehead atoms. The highest BCUT2D eigenvalue weighted by Gasteiger charge is 2.16. The van der Waals surface area contributed by atoms with Gasteiger partial charge in [0.25, 0.3) is 0 Å². The lowest BCUT2D eigenvalue weighted by molar-refractivity contribution is 0.0693. The normalized spacial score (nSPS) is 10.9. The van der Waals surface area contributed by atoms with E-state index in [1.54, 1.807) is 0 Å². The maximum atomic E-state index is 11.1. The molecule has 0 aliphatic rings. The molecule has 2 aromatic heterocycles. The molecule has 0 aliphatic heterocycles. The summed E-state index contributed by atoms with van der Waals surface area (Å²) < 4.78 is 1.83. The molecule has 0 aliphatic carbocycles. The lowest BCUT2D eigenvalue weighted by Crippen LogP contribution is -2.03. The number of carboxylic acids is 1. The van der Waals surface area contributed by atoms with Gasteiger partial charge in [-0.3, -0.25) is 0 Å². The van der Waals surface area contributed by atoms with Crippen molar-refractivity contribution in [3.63, 3.8) is 0 Å². The molecule has 90 valence electrons. The molecule has 0 atom stereocenters. The third-order valence-electron chi connectivity index (χ3n) is 2.68. The van der Waals surface area contributed by atoms with E-state index in [0.717, 1.165) is 17.8 Å². The van der Waals surface area contributed by atoms with Gasteiger partial charge in [0.15, 0.2) is 5.69 Å². The second-order valence-corrected chi connectivity index (χ2v) is 4.03.